The Bertz CT molecular complexity index is 1430. The van der Waals surface area contributed by atoms with Crippen LogP contribution in [0.4, 0.5) is 17.5 Å². The van der Waals surface area contributed by atoms with Crippen molar-refractivity contribution in [2.75, 3.05) is 55.5 Å². The van der Waals surface area contributed by atoms with E-state index < -0.39 is 0 Å². The van der Waals surface area contributed by atoms with Crippen LogP contribution >= 0.6 is 0 Å². The lowest BCUT2D eigenvalue weighted by Gasteiger charge is -2.22. The van der Waals surface area contributed by atoms with Crippen LogP contribution in [0.2, 0.25) is 0 Å². The van der Waals surface area contributed by atoms with Crippen LogP contribution in [-0.4, -0.2) is 61.6 Å². The van der Waals surface area contributed by atoms with E-state index in [-0.39, 0.29) is 12.0 Å². The van der Waals surface area contributed by atoms with Gasteiger partial charge in [-0.3, -0.25) is 9.78 Å². The number of fused-ring (bicyclic) bond motifs is 1. The molecule has 0 saturated heterocycles. The maximum atomic E-state index is 13.8. The van der Waals surface area contributed by atoms with E-state index in [2.05, 4.69) is 27.4 Å². The molecular weight excluding hydrogens is 514 g/mol. The molecule has 2 aromatic carbocycles. The number of amides is 1. The summed E-state index contributed by atoms with van der Waals surface area (Å²) in [6, 6.07) is 22.3. The predicted octanol–water partition coefficient (Wildman–Crippen LogP) is 4.47. The van der Waals surface area contributed by atoms with Crippen LogP contribution in [0.1, 0.15) is 39.6 Å². The largest absolute Gasteiger partial charge is 0.369 e. The van der Waals surface area contributed by atoms with Crippen LogP contribution in [0, 0.1) is 0 Å². The molecule has 9 nitrogen and oxygen atoms in total. The van der Waals surface area contributed by atoms with Gasteiger partial charge >= 0.3 is 0 Å². The molecule has 4 aromatic rings. The molecule has 212 valence electrons. The van der Waals surface area contributed by atoms with E-state index in [1.54, 1.807) is 12.4 Å². The molecular formula is C32H37N7O2. The Morgan fingerprint density at radius 3 is 2.63 bits per heavy atom. The van der Waals surface area contributed by atoms with Gasteiger partial charge in [0.05, 0.1) is 12.7 Å². The third-order valence-electron chi connectivity index (χ3n) is 7.24. The fourth-order valence-corrected chi connectivity index (χ4v) is 4.98. The predicted molar refractivity (Wildman–Crippen MR) is 162 cm³/mol. The first-order valence-electron chi connectivity index (χ1n) is 13.9. The fourth-order valence-electron chi connectivity index (χ4n) is 4.98. The fraction of sp³-hybridized carbons (Fsp3) is 0.312. The van der Waals surface area contributed by atoms with Crippen LogP contribution in [0.5, 0.6) is 0 Å². The smallest absolute Gasteiger partial charge is 0.263 e. The molecule has 0 saturated carbocycles. The van der Waals surface area contributed by atoms with Crippen molar-refractivity contribution in [3.8, 4) is 0 Å². The molecule has 0 spiro atoms. The summed E-state index contributed by atoms with van der Waals surface area (Å²) in [5.74, 6) is 1.08. The zero-order chi connectivity index (χ0) is 28.6. The summed E-state index contributed by atoms with van der Waals surface area (Å²) in [7, 11) is 5.85. The quantitative estimate of drug-likeness (QED) is 0.292. The highest BCUT2D eigenvalue weighted by Crippen LogP contribution is 2.29. The molecule has 1 N–H and O–H groups in total. The lowest BCUT2D eigenvalue weighted by atomic mass is 10.1. The summed E-state index contributed by atoms with van der Waals surface area (Å²) in [5, 5.41) is 3.22. The van der Waals surface area contributed by atoms with Gasteiger partial charge in [-0.1, -0.05) is 48.5 Å². The van der Waals surface area contributed by atoms with Crippen molar-refractivity contribution in [1.29, 1.82) is 0 Å². The maximum Gasteiger partial charge on any atom is 0.263 e. The highest BCUT2D eigenvalue weighted by molar-refractivity contribution is 6.09. The molecule has 41 heavy (non-hydrogen) atoms. The molecule has 2 aromatic heterocycles. The Kier molecular flexibility index (Phi) is 9.18. The standard InChI is InChI=1S/C32H37N7O2/c1-33-16-14-29(26-11-5-4-6-12-26)41-23-24-9-7-13-27(19-24)39-18-17-37(2)30-28(31(39)40)21-35-32(36-30)38(3)22-25-10-8-15-34-20-25/h4-13,15,19-21,29,33H,14,16-18,22-23H2,1-3H3. The topological polar surface area (TPSA) is 86.7 Å². The number of pyridine rings is 1. The molecule has 0 aliphatic carbocycles. The monoisotopic (exact) mass is 551 g/mol. The zero-order valence-corrected chi connectivity index (χ0v) is 23.9. The molecule has 0 radical (unpaired) electrons. The second-order valence-electron chi connectivity index (χ2n) is 10.3. The number of nitrogens with zero attached hydrogens (tertiary/aromatic N) is 6. The first-order chi connectivity index (χ1) is 20.0. The van der Waals surface area contributed by atoms with Crippen molar-refractivity contribution in [3.05, 3.63) is 108 Å². The summed E-state index contributed by atoms with van der Waals surface area (Å²) >= 11 is 0. The molecule has 3 heterocycles. The van der Waals surface area contributed by atoms with Gasteiger partial charge in [-0.15, -0.1) is 0 Å². The average molecular weight is 552 g/mol. The Morgan fingerprint density at radius 2 is 1.85 bits per heavy atom. The Hall–Kier alpha value is -4.34. The average Bonchev–Trinajstić information content (AvgIpc) is 3.13. The van der Waals surface area contributed by atoms with Crippen LogP contribution in [0.25, 0.3) is 0 Å². The van der Waals surface area contributed by atoms with Crippen LogP contribution in [0.3, 0.4) is 0 Å². The molecule has 1 unspecified atom stereocenters. The highest BCUT2D eigenvalue weighted by atomic mass is 16.5. The van der Waals surface area contributed by atoms with E-state index in [1.807, 2.05) is 96.6 Å². The molecule has 0 fully saturated rings. The van der Waals surface area contributed by atoms with Crippen LogP contribution in [-0.2, 0) is 17.9 Å². The third kappa shape index (κ3) is 6.87. The van der Waals surface area contributed by atoms with Gasteiger partial charge in [0.1, 0.15) is 11.4 Å². The second kappa shape index (κ2) is 13.3. The number of anilines is 3. The number of aromatic nitrogens is 3. The first-order valence-corrected chi connectivity index (χ1v) is 13.9. The number of carbonyl (C=O) groups is 1. The van der Waals surface area contributed by atoms with Gasteiger partial charge in [0.2, 0.25) is 5.95 Å². The van der Waals surface area contributed by atoms with Gasteiger partial charge in [0.15, 0.2) is 0 Å². The third-order valence-corrected chi connectivity index (χ3v) is 7.24. The summed E-state index contributed by atoms with van der Waals surface area (Å²) < 4.78 is 6.38. The summed E-state index contributed by atoms with van der Waals surface area (Å²) in [6.07, 6.45) is 6.08. The molecule has 1 aliphatic rings. The van der Waals surface area contributed by atoms with Crippen molar-refractivity contribution in [2.24, 2.45) is 0 Å². The van der Waals surface area contributed by atoms with Crippen LogP contribution in [0.15, 0.2) is 85.3 Å². The molecule has 5 rings (SSSR count). The van der Waals surface area contributed by atoms with E-state index in [0.717, 1.165) is 35.3 Å². The SMILES string of the molecule is CNCCC(OCc1cccc(N2CCN(C)c3nc(N(C)Cc4cccnc4)ncc3C2=O)c1)c1ccccc1. The Labute approximate surface area is 241 Å². The summed E-state index contributed by atoms with van der Waals surface area (Å²) in [6.45, 7) is 3.10. The van der Waals surface area contributed by atoms with Crippen molar-refractivity contribution >= 4 is 23.4 Å². The normalized spacial score (nSPS) is 14.0. The number of rotatable bonds is 11. The van der Waals surface area contributed by atoms with E-state index in [0.29, 0.717) is 43.6 Å². The van der Waals surface area contributed by atoms with Crippen molar-refractivity contribution in [2.45, 2.75) is 25.7 Å². The summed E-state index contributed by atoms with van der Waals surface area (Å²) in [4.78, 5) is 33.1. The lowest BCUT2D eigenvalue weighted by Crippen LogP contribution is -2.33. The van der Waals surface area contributed by atoms with Crippen LogP contribution < -0.4 is 20.0 Å². The number of carbonyl (C=O) groups excluding carboxylic acids is 1. The van der Waals surface area contributed by atoms with Gasteiger partial charge in [0.25, 0.3) is 5.91 Å². The highest BCUT2D eigenvalue weighted by Gasteiger charge is 2.28. The number of benzene rings is 2. The number of nitrogens with one attached hydrogen (secondary N) is 1. The van der Waals surface area contributed by atoms with Gasteiger partial charge in [-0.2, -0.15) is 4.98 Å². The minimum atomic E-state index is -0.111. The van der Waals surface area contributed by atoms with Crippen molar-refractivity contribution < 1.29 is 9.53 Å². The molecule has 0 bridgehead atoms. The van der Waals surface area contributed by atoms with Gasteiger partial charge in [-0.25, -0.2) is 4.98 Å². The van der Waals surface area contributed by atoms with Gasteiger partial charge < -0.3 is 24.8 Å². The Morgan fingerprint density at radius 1 is 1.02 bits per heavy atom. The van der Waals surface area contributed by atoms with E-state index in [9.17, 15) is 4.79 Å². The zero-order valence-electron chi connectivity index (χ0n) is 23.9. The van der Waals surface area contributed by atoms with E-state index >= 15 is 0 Å². The molecule has 1 aliphatic heterocycles. The minimum Gasteiger partial charge on any atom is -0.369 e. The number of hydrogen-bond acceptors (Lipinski definition) is 8. The van der Waals surface area contributed by atoms with Gasteiger partial charge in [-0.05, 0) is 54.9 Å². The van der Waals surface area contributed by atoms with E-state index in [1.165, 1.54) is 0 Å². The lowest BCUT2D eigenvalue weighted by molar-refractivity contribution is 0.0344. The number of hydrogen-bond donors (Lipinski definition) is 1. The molecule has 1 amide bonds. The molecule has 9 heteroatoms. The Balaban J connectivity index is 1.32. The second-order valence-corrected chi connectivity index (χ2v) is 10.3. The van der Waals surface area contributed by atoms with Crippen molar-refractivity contribution in [3.63, 3.8) is 0 Å². The number of ether oxygens (including phenoxy) is 1. The first kappa shape index (κ1) is 28.2. The summed E-state index contributed by atoms with van der Waals surface area (Å²) in [5.41, 5.74) is 4.56. The van der Waals surface area contributed by atoms with E-state index in [4.69, 9.17) is 9.72 Å². The minimum absolute atomic E-state index is 0.0183. The number of likely N-dealkylation sites (N-methyl/N-ethyl adjacent to an activating group) is 1. The maximum absolute atomic E-state index is 13.8. The molecule has 1 atom stereocenters. The van der Waals surface area contributed by atoms with Crippen molar-refractivity contribution in [1.82, 2.24) is 20.3 Å². The van der Waals surface area contributed by atoms with Gasteiger partial charge in [0, 0.05) is 58.0 Å².